The normalized spacial score (nSPS) is 19.6. The topological polar surface area (TPSA) is 88.8 Å². The second kappa shape index (κ2) is 8.67. The number of nitrogens with one attached hydrogen (secondary N) is 1. The van der Waals surface area contributed by atoms with Gasteiger partial charge in [-0.1, -0.05) is 24.3 Å². The maximum Gasteiger partial charge on any atom is 0.337 e. The lowest BCUT2D eigenvalue weighted by Crippen LogP contribution is -2.37. The molecule has 2 unspecified atom stereocenters. The molecule has 0 fully saturated rings. The average Bonchev–Trinajstić information content (AvgIpc) is 3.33. The van der Waals surface area contributed by atoms with Crippen LogP contribution in [0.1, 0.15) is 53.4 Å². The largest absolute Gasteiger partial charge is 0.469 e. The van der Waals surface area contributed by atoms with Crippen molar-refractivity contribution in [1.29, 1.82) is 0 Å². The Morgan fingerprint density at radius 3 is 2.47 bits per heavy atom. The summed E-state index contributed by atoms with van der Waals surface area (Å²) in [5.74, 6) is -0.00572. The number of fused-ring (bicyclic) bond motifs is 1. The Balaban J connectivity index is 1.68. The lowest BCUT2D eigenvalue weighted by Gasteiger charge is -2.34. The molecular formula is C27H24N2O5. The van der Waals surface area contributed by atoms with E-state index in [1.54, 1.807) is 35.4 Å². The number of hydrogen-bond acceptors (Lipinski definition) is 6. The minimum Gasteiger partial charge on any atom is -0.469 e. The van der Waals surface area contributed by atoms with E-state index < -0.39 is 12.0 Å². The van der Waals surface area contributed by atoms with E-state index in [9.17, 15) is 14.4 Å². The fraction of sp³-hybridized carbons (Fsp3) is 0.222. The van der Waals surface area contributed by atoms with Gasteiger partial charge >= 0.3 is 5.97 Å². The number of allylic oxidation sites excluding steroid dienone is 1. The summed E-state index contributed by atoms with van der Waals surface area (Å²) in [5, 5.41) is 3.46. The van der Waals surface area contributed by atoms with Crippen molar-refractivity contribution in [3.63, 3.8) is 0 Å². The molecule has 2 atom stereocenters. The number of ketones is 1. The van der Waals surface area contributed by atoms with Gasteiger partial charge in [0, 0.05) is 30.5 Å². The van der Waals surface area contributed by atoms with Gasteiger partial charge in [0.05, 0.1) is 36.4 Å². The van der Waals surface area contributed by atoms with Crippen molar-refractivity contribution >= 4 is 29.0 Å². The van der Waals surface area contributed by atoms with Crippen LogP contribution in [-0.4, -0.2) is 24.8 Å². The SMILES string of the molecule is COC(=O)c1ccc(C2C3=C(CC(c4ccco4)CC3=O)Nc3ccccc3N2C(C)=O)cc1. The number of benzene rings is 2. The quantitative estimate of drug-likeness (QED) is 0.559. The molecule has 2 aromatic carbocycles. The predicted octanol–water partition coefficient (Wildman–Crippen LogP) is 4.99. The number of esters is 1. The number of carbonyl (C=O) groups excluding carboxylic acids is 3. The number of ether oxygens (including phenoxy) is 1. The Kier molecular flexibility index (Phi) is 5.53. The van der Waals surface area contributed by atoms with Crippen molar-refractivity contribution < 1.29 is 23.5 Å². The van der Waals surface area contributed by atoms with Crippen molar-refractivity contribution in [3.8, 4) is 0 Å². The Bertz CT molecular complexity index is 1290. The van der Waals surface area contributed by atoms with E-state index in [0.29, 0.717) is 23.2 Å². The number of methoxy groups -OCH3 is 1. The number of rotatable bonds is 3. The van der Waals surface area contributed by atoms with Gasteiger partial charge in [-0.2, -0.15) is 0 Å². The van der Waals surface area contributed by atoms with Crippen molar-refractivity contribution in [1.82, 2.24) is 0 Å². The molecule has 0 saturated heterocycles. The Labute approximate surface area is 197 Å². The molecule has 34 heavy (non-hydrogen) atoms. The van der Waals surface area contributed by atoms with E-state index in [4.69, 9.17) is 9.15 Å². The van der Waals surface area contributed by atoms with Gasteiger partial charge in [0.15, 0.2) is 5.78 Å². The number of Topliss-reactive ketones (excluding diaryl/α,β-unsaturated/α-hetero) is 1. The lowest BCUT2D eigenvalue weighted by molar-refractivity contribution is -0.117. The number of nitrogens with zero attached hydrogens (tertiary/aromatic N) is 1. The summed E-state index contributed by atoms with van der Waals surface area (Å²) < 4.78 is 10.4. The molecule has 7 heteroatoms. The van der Waals surface area contributed by atoms with Crippen LogP contribution in [0.5, 0.6) is 0 Å². The molecule has 0 saturated carbocycles. The molecule has 1 aliphatic heterocycles. The van der Waals surface area contributed by atoms with Gasteiger partial charge in [-0.25, -0.2) is 4.79 Å². The first kappa shape index (κ1) is 21.7. The van der Waals surface area contributed by atoms with Gasteiger partial charge < -0.3 is 14.5 Å². The van der Waals surface area contributed by atoms with Gasteiger partial charge in [-0.15, -0.1) is 0 Å². The molecule has 0 radical (unpaired) electrons. The summed E-state index contributed by atoms with van der Waals surface area (Å²) in [5.41, 5.74) is 3.91. The number of amides is 1. The summed E-state index contributed by atoms with van der Waals surface area (Å²) >= 11 is 0. The zero-order valence-electron chi connectivity index (χ0n) is 18.9. The highest BCUT2D eigenvalue weighted by atomic mass is 16.5. The second-order valence-corrected chi connectivity index (χ2v) is 8.48. The highest BCUT2D eigenvalue weighted by molar-refractivity contribution is 6.06. The van der Waals surface area contributed by atoms with Crippen molar-refractivity contribution in [2.75, 3.05) is 17.3 Å². The Morgan fingerprint density at radius 2 is 1.79 bits per heavy atom. The smallest absolute Gasteiger partial charge is 0.337 e. The van der Waals surface area contributed by atoms with E-state index in [-0.39, 0.29) is 24.0 Å². The molecule has 1 aliphatic carbocycles. The van der Waals surface area contributed by atoms with E-state index in [0.717, 1.165) is 22.7 Å². The molecular weight excluding hydrogens is 432 g/mol. The third kappa shape index (κ3) is 3.69. The highest BCUT2D eigenvalue weighted by Crippen LogP contribution is 2.47. The summed E-state index contributed by atoms with van der Waals surface area (Å²) in [6.45, 7) is 1.50. The molecule has 7 nitrogen and oxygen atoms in total. The van der Waals surface area contributed by atoms with Gasteiger partial charge in [0.2, 0.25) is 5.91 Å². The third-order valence-corrected chi connectivity index (χ3v) is 6.42. The summed E-state index contributed by atoms with van der Waals surface area (Å²) in [7, 11) is 1.33. The first-order valence-electron chi connectivity index (χ1n) is 11.1. The van der Waals surface area contributed by atoms with Gasteiger partial charge in [-0.3, -0.25) is 14.5 Å². The zero-order valence-corrected chi connectivity index (χ0v) is 18.9. The van der Waals surface area contributed by atoms with E-state index in [1.165, 1.54) is 14.0 Å². The van der Waals surface area contributed by atoms with Crippen LogP contribution in [0.3, 0.4) is 0 Å². The van der Waals surface area contributed by atoms with Gasteiger partial charge in [0.25, 0.3) is 0 Å². The maximum absolute atomic E-state index is 13.7. The van der Waals surface area contributed by atoms with E-state index in [2.05, 4.69) is 5.32 Å². The van der Waals surface area contributed by atoms with E-state index >= 15 is 0 Å². The van der Waals surface area contributed by atoms with E-state index in [1.807, 2.05) is 36.4 Å². The van der Waals surface area contributed by atoms with Crippen molar-refractivity contribution in [2.45, 2.75) is 31.7 Å². The molecule has 172 valence electrons. The first-order valence-corrected chi connectivity index (χ1v) is 11.1. The number of para-hydroxylation sites is 2. The molecule has 0 bridgehead atoms. The summed E-state index contributed by atoms with van der Waals surface area (Å²) in [4.78, 5) is 40.3. The second-order valence-electron chi connectivity index (χ2n) is 8.48. The van der Waals surface area contributed by atoms with Crippen LogP contribution in [0.15, 0.2) is 82.6 Å². The van der Waals surface area contributed by atoms with Crippen LogP contribution in [0.25, 0.3) is 0 Å². The fourth-order valence-corrected chi connectivity index (χ4v) is 4.90. The van der Waals surface area contributed by atoms with Gasteiger partial charge in [-0.05, 0) is 48.4 Å². The van der Waals surface area contributed by atoms with Crippen LogP contribution < -0.4 is 10.2 Å². The minimum atomic E-state index is -0.639. The number of hydrogen-bond donors (Lipinski definition) is 1. The van der Waals surface area contributed by atoms with Crippen molar-refractivity contribution in [3.05, 3.63) is 95.1 Å². The Morgan fingerprint density at radius 1 is 1.03 bits per heavy atom. The van der Waals surface area contributed by atoms with Gasteiger partial charge in [0.1, 0.15) is 5.76 Å². The third-order valence-electron chi connectivity index (χ3n) is 6.42. The molecule has 2 aliphatic rings. The maximum atomic E-state index is 13.7. The molecule has 1 amide bonds. The standard InChI is InChI=1S/C27H24N2O5/c1-16(30)29-22-7-4-3-6-20(22)28-21-14-19(24-8-5-13-34-24)15-23(31)25(21)26(29)17-9-11-18(12-10-17)27(32)33-2/h3-13,19,26,28H,14-15H2,1-2H3. The lowest BCUT2D eigenvalue weighted by atomic mass is 9.80. The fourth-order valence-electron chi connectivity index (χ4n) is 4.90. The first-order chi connectivity index (χ1) is 16.5. The molecule has 1 N–H and O–H groups in total. The van der Waals surface area contributed by atoms with Crippen LogP contribution in [-0.2, 0) is 14.3 Å². The molecule has 1 aromatic heterocycles. The number of carbonyl (C=O) groups is 3. The molecule has 3 aromatic rings. The van der Waals surface area contributed by atoms with Crippen LogP contribution in [0.4, 0.5) is 11.4 Å². The Hall–Kier alpha value is -4.13. The minimum absolute atomic E-state index is 0.0451. The molecule has 0 spiro atoms. The van der Waals surface area contributed by atoms with Crippen molar-refractivity contribution in [2.24, 2.45) is 0 Å². The number of furan rings is 1. The van der Waals surface area contributed by atoms with Crippen LogP contribution >= 0.6 is 0 Å². The predicted molar refractivity (Wildman–Crippen MR) is 126 cm³/mol. The highest BCUT2D eigenvalue weighted by Gasteiger charge is 2.41. The van der Waals surface area contributed by atoms with Crippen LogP contribution in [0.2, 0.25) is 0 Å². The molecule has 5 rings (SSSR count). The average molecular weight is 456 g/mol. The zero-order chi connectivity index (χ0) is 23.8. The van der Waals surface area contributed by atoms with Crippen LogP contribution in [0, 0.1) is 0 Å². The number of anilines is 2. The summed E-state index contributed by atoms with van der Waals surface area (Å²) in [6, 6.07) is 17.5. The molecule has 2 heterocycles. The summed E-state index contributed by atoms with van der Waals surface area (Å²) in [6.07, 6.45) is 2.47. The monoisotopic (exact) mass is 456 g/mol.